The van der Waals surface area contributed by atoms with Gasteiger partial charge < -0.3 is 19.9 Å². The van der Waals surface area contributed by atoms with E-state index < -0.39 is 0 Å². The third kappa shape index (κ3) is 3.63. The van der Waals surface area contributed by atoms with Gasteiger partial charge in [0.25, 0.3) is 5.91 Å². The molecule has 0 saturated carbocycles. The Hall–Kier alpha value is -1.75. The van der Waals surface area contributed by atoms with Gasteiger partial charge in [-0.25, -0.2) is 0 Å². The summed E-state index contributed by atoms with van der Waals surface area (Å²) in [6.45, 7) is 4.52. The van der Waals surface area contributed by atoms with Crippen LogP contribution in [0.2, 0.25) is 0 Å². The molecule has 5 heteroatoms. The maximum absolute atomic E-state index is 11.6. The Morgan fingerprint density at radius 1 is 1.50 bits per heavy atom. The minimum atomic E-state index is -0.231. The molecule has 2 N–H and O–H groups in total. The summed E-state index contributed by atoms with van der Waals surface area (Å²) in [5.41, 5.74) is 0.874. The van der Waals surface area contributed by atoms with Gasteiger partial charge in [-0.2, -0.15) is 0 Å². The molecular weight excluding hydrogens is 258 g/mol. The zero-order valence-electron chi connectivity index (χ0n) is 11.9. The lowest BCUT2D eigenvalue weighted by Crippen LogP contribution is -2.30. The van der Waals surface area contributed by atoms with E-state index in [1.807, 2.05) is 26.0 Å². The number of fused-ring (bicyclic) bond motifs is 1. The molecule has 1 aliphatic heterocycles. The van der Waals surface area contributed by atoms with Gasteiger partial charge in [-0.05, 0) is 26.3 Å². The van der Waals surface area contributed by atoms with E-state index >= 15 is 0 Å². The third-order valence-corrected chi connectivity index (χ3v) is 3.07. The number of hydrogen-bond donors (Lipinski definition) is 2. The van der Waals surface area contributed by atoms with Crippen LogP contribution in [0.3, 0.4) is 0 Å². The molecule has 2 rings (SSSR count). The van der Waals surface area contributed by atoms with Crippen LogP contribution < -0.4 is 14.8 Å². The van der Waals surface area contributed by atoms with Crippen molar-refractivity contribution in [3.05, 3.63) is 23.8 Å². The van der Waals surface area contributed by atoms with Crippen LogP contribution in [0.1, 0.15) is 25.8 Å². The Balaban J connectivity index is 1.92. The highest BCUT2D eigenvalue weighted by Gasteiger charge is 2.32. The fourth-order valence-electron chi connectivity index (χ4n) is 2.20. The van der Waals surface area contributed by atoms with Crippen LogP contribution in [-0.2, 0) is 11.2 Å². The van der Waals surface area contributed by atoms with Crippen LogP contribution in [0.5, 0.6) is 11.5 Å². The average molecular weight is 279 g/mol. The lowest BCUT2D eigenvalue weighted by Gasteiger charge is -2.18. The van der Waals surface area contributed by atoms with Crippen LogP contribution >= 0.6 is 0 Å². The first kappa shape index (κ1) is 14.7. The lowest BCUT2D eigenvalue weighted by molar-refractivity contribution is -0.123. The number of amides is 1. The zero-order chi connectivity index (χ0) is 14.6. The van der Waals surface area contributed by atoms with Gasteiger partial charge in [0, 0.05) is 25.1 Å². The normalized spacial score (nSPS) is 15.3. The molecule has 0 bridgehead atoms. The molecule has 1 aromatic carbocycles. The molecule has 0 saturated heterocycles. The number of nitrogens with one attached hydrogen (secondary N) is 1. The minimum Gasteiger partial charge on any atom is -0.483 e. The number of ether oxygens (including phenoxy) is 2. The summed E-state index contributed by atoms with van der Waals surface area (Å²) >= 11 is 0. The molecule has 0 aliphatic carbocycles. The van der Waals surface area contributed by atoms with Crippen molar-refractivity contribution in [1.82, 2.24) is 5.32 Å². The summed E-state index contributed by atoms with van der Waals surface area (Å²) in [6.07, 6.45) is 1.38. The maximum Gasteiger partial charge on any atom is 0.257 e. The largest absolute Gasteiger partial charge is 0.483 e. The number of rotatable bonds is 6. The van der Waals surface area contributed by atoms with E-state index in [0.717, 1.165) is 17.7 Å². The van der Waals surface area contributed by atoms with Crippen molar-refractivity contribution in [3.8, 4) is 11.5 Å². The van der Waals surface area contributed by atoms with E-state index in [0.29, 0.717) is 18.7 Å². The van der Waals surface area contributed by atoms with Crippen molar-refractivity contribution in [1.29, 1.82) is 0 Å². The number of aliphatic hydroxyl groups excluding tert-OH is 1. The SMILES string of the molecule is CC1(C)Cc2cccc(OCC(=O)NCCCO)c2O1. The van der Waals surface area contributed by atoms with Crippen molar-refractivity contribution in [2.45, 2.75) is 32.3 Å². The first-order valence-corrected chi connectivity index (χ1v) is 6.83. The van der Waals surface area contributed by atoms with Gasteiger partial charge in [0.05, 0.1) is 0 Å². The highest BCUT2D eigenvalue weighted by Crippen LogP contribution is 2.41. The van der Waals surface area contributed by atoms with Gasteiger partial charge in [-0.3, -0.25) is 4.79 Å². The fraction of sp³-hybridized carbons (Fsp3) is 0.533. The highest BCUT2D eigenvalue weighted by atomic mass is 16.5. The second-order valence-electron chi connectivity index (χ2n) is 5.50. The first-order valence-electron chi connectivity index (χ1n) is 6.83. The smallest absolute Gasteiger partial charge is 0.257 e. The molecule has 0 fully saturated rings. The zero-order valence-corrected chi connectivity index (χ0v) is 11.9. The number of benzene rings is 1. The quantitative estimate of drug-likeness (QED) is 0.770. The van der Waals surface area contributed by atoms with Crippen LogP contribution in [0.25, 0.3) is 0 Å². The van der Waals surface area contributed by atoms with Gasteiger partial charge in [-0.15, -0.1) is 0 Å². The van der Waals surface area contributed by atoms with E-state index in [4.69, 9.17) is 14.6 Å². The Morgan fingerprint density at radius 2 is 2.30 bits per heavy atom. The van der Waals surface area contributed by atoms with Gasteiger partial charge in [0.15, 0.2) is 18.1 Å². The number of hydrogen-bond acceptors (Lipinski definition) is 4. The van der Waals surface area contributed by atoms with Crippen LogP contribution in [0.4, 0.5) is 0 Å². The number of para-hydroxylation sites is 1. The van der Waals surface area contributed by atoms with Crippen molar-refractivity contribution in [3.63, 3.8) is 0 Å². The Labute approximate surface area is 118 Å². The first-order chi connectivity index (χ1) is 9.52. The lowest BCUT2D eigenvalue weighted by atomic mass is 10.0. The average Bonchev–Trinajstić information content (AvgIpc) is 2.71. The second kappa shape index (κ2) is 6.13. The summed E-state index contributed by atoms with van der Waals surface area (Å²) in [7, 11) is 0. The van der Waals surface area contributed by atoms with E-state index in [-0.39, 0.29) is 24.7 Å². The van der Waals surface area contributed by atoms with E-state index in [1.165, 1.54) is 0 Å². The van der Waals surface area contributed by atoms with Gasteiger partial charge in [0.1, 0.15) is 5.60 Å². The molecule has 0 atom stereocenters. The topological polar surface area (TPSA) is 67.8 Å². The molecule has 110 valence electrons. The molecule has 1 amide bonds. The monoisotopic (exact) mass is 279 g/mol. The van der Waals surface area contributed by atoms with Crippen molar-refractivity contribution in [2.75, 3.05) is 19.8 Å². The maximum atomic E-state index is 11.6. The summed E-state index contributed by atoms with van der Waals surface area (Å²) in [6, 6.07) is 5.72. The van der Waals surface area contributed by atoms with Crippen molar-refractivity contribution >= 4 is 5.91 Å². The van der Waals surface area contributed by atoms with Gasteiger partial charge in [0.2, 0.25) is 0 Å². The highest BCUT2D eigenvalue weighted by molar-refractivity contribution is 5.77. The molecule has 0 aromatic heterocycles. The summed E-state index contributed by atoms with van der Waals surface area (Å²) in [4.78, 5) is 11.6. The standard InChI is InChI=1S/C15H21NO4/c1-15(2)9-11-5-3-6-12(14(11)20-15)19-10-13(18)16-7-4-8-17/h3,5-6,17H,4,7-10H2,1-2H3,(H,16,18). The number of aliphatic hydroxyl groups is 1. The van der Waals surface area contributed by atoms with Crippen LogP contribution in [0, 0.1) is 0 Å². The second-order valence-corrected chi connectivity index (χ2v) is 5.50. The van der Waals surface area contributed by atoms with Crippen molar-refractivity contribution in [2.24, 2.45) is 0 Å². The molecule has 20 heavy (non-hydrogen) atoms. The third-order valence-electron chi connectivity index (χ3n) is 3.07. The molecule has 0 spiro atoms. The van der Waals surface area contributed by atoms with E-state index in [2.05, 4.69) is 5.32 Å². The number of carbonyl (C=O) groups is 1. The predicted molar refractivity (Wildman–Crippen MR) is 75.1 cm³/mol. The van der Waals surface area contributed by atoms with Crippen LogP contribution in [0.15, 0.2) is 18.2 Å². The molecular formula is C15H21NO4. The minimum absolute atomic E-state index is 0.0499. The van der Waals surface area contributed by atoms with Crippen LogP contribution in [-0.4, -0.2) is 36.4 Å². The molecule has 0 radical (unpaired) electrons. The predicted octanol–water partition coefficient (Wildman–Crippen LogP) is 1.28. The van der Waals surface area contributed by atoms with Crippen molar-refractivity contribution < 1.29 is 19.4 Å². The summed E-state index contributed by atoms with van der Waals surface area (Å²) in [5, 5.41) is 11.3. The Bertz CT molecular complexity index is 485. The number of carbonyl (C=O) groups excluding carboxylic acids is 1. The summed E-state index contributed by atoms with van der Waals surface area (Å²) < 4.78 is 11.4. The molecule has 0 unspecified atom stereocenters. The van der Waals surface area contributed by atoms with Gasteiger partial charge >= 0.3 is 0 Å². The Morgan fingerprint density at radius 3 is 3.05 bits per heavy atom. The molecule has 1 aliphatic rings. The van der Waals surface area contributed by atoms with Gasteiger partial charge in [-0.1, -0.05) is 12.1 Å². The summed E-state index contributed by atoms with van der Waals surface area (Å²) in [5.74, 6) is 1.14. The Kier molecular flexibility index (Phi) is 4.49. The molecule has 1 heterocycles. The van der Waals surface area contributed by atoms with E-state index in [9.17, 15) is 4.79 Å². The van der Waals surface area contributed by atoms with E-state index in [1.54, 1.807) is 6.07 Å². The molecule has 5 nitrogen and oxygen atoms in total. The fourth-order valence-corrected chi connectivity index (χ4v) is 2.20. The molecule has 1 aromatic rings.